The number of methoxy groups -OCH3 is 2. The van der Waals surface area contributed by atoms with Crippen LogP contribution in [0.25, 0.3) is 6.08 Å². The number of thiocarbonyl (C=S) groups is 1. The molecule has 1 fully saturated rings. The average molecular weight is 350 g/mol. The first kappa shape index (κ1) is 17.4. The number of ether oxygens (including phenoxy) is 3. The fourth-order valence-electron chi connectivity index (χ4n) is 2.00. The fraction of sp³-hybridized carbons (Fsp3) is 0.200. The van der Waals surface area contributed by atoms with Crippen LogP contribution in [0.5, 0.6) is 17.2 Å². The Bertz CT molecular complexity index is 724. The van der Waals surface area contributed by atoms with E-state index in [2.05, 4.69) is 10.6 Å². The van der Waals surface area contributed by atoms with E-state index in [1.54, 1.807) is 0 Å². The average Bonchev–Trinajstić information content (AvgIpc) is 2.51. The smallest absolute Gasteiger partial charge is 0.308 e. The number of amides is 2. The van der Waals surface area contributed by atoms with Gasteiger partial charge in [0.15, 0.2) is 16.6 Å². The lowest BCUT2D eigenvalue weighted by Crippen LogP contribution is -2.51. The number of hydrogen-bond acceptors (Lipinski definition) is 7. The van der Waals surface area contributed by atoms with Crippen molar-refractivity contribution in [2.45, 2.75) is 6.92 Å². The van der Waals surface area contributed by atoms with Crippen molar-refractivity contribution in [2.75, 3.05) is 14.2 Å². The molecule has 1 heterocycles. The van der Waals surface area contributed by atoms with Gasteiger partial charge in [0, 0.05) is 6.92 Å². The summed E-state index contributed by atoms with van der Waals surface area (Å²) in [6, 6.07) is 3.00. The number of rotatable bonds is 4. The summed E-state index contributed by atoms with van der Waals surface area (Å²) in [5.74, 6) is -1.26. The van der Waals surface area contributed by atoms with Crippen LogP contribution in [0, 0.1) is 0 Å². The lowest BCUT2D eigenvalue weighted by Gasteiger charge is -2.17. The standard InChI is InChI=1S/C15H14N2O6S/c1-7(18)23-12-10(21-2)5-8(6-11(12)22-3)4-9-13(19)16-15(24)17-14(9)20/h4-6H,1-3H3,(H2,16,17,19,20,24). The Morgan fingerprint density at radius 2 is 1.58 bits per heavy atom. The molecule has 9 heteroatoms. The molecule has 0 aliphatic carbocycles. The Labute approximate surface area is 142 Å². The van der Waals surface area contributed by atoms with E-state index in [0.717, 1.165) is 0 Å². The van der Waals surface area contributed by atoms with Crippen molar-refractivity contribution in [3.8, 4) is 17.2 Å². The SMILES string of the molecule is COc1cc(C=C2C(=O)NC(=S)NC2=O)cc(OC)c1OC(C)=O. The normalized spacial score (nSPS) is 13.8. The molecular formula is C15H14N2O6S. The Morgan fingerprint density at radius 1 is 1.08 bits per heavy atom. The second-order valence-electron chi connectivity index (χ2n) is 4.64. The molecule has 0 spiro atoms. The van der Waals surface area contributed by atoms with E-state index in [4.69, 9.17) is 26.4 Å². The molecule has 2 amide bonds. The predicted molar refractivity (Wildman–Crippen MR) is 87.7 cm³/mol. The van der Waals surface area contributed by atoms with Gasteiger partial charge in [-0.25, -0.2) is 0 Å². The molecule has 0 bridgehead atoms. The number of benzene rings is 1. The second kappa shape index (κ2) is 7.09. The first-order valence-corrected chi connectivity index (χ1v) is 7.09. The minimum absolute atomic E-state index is 0.0532. The molecular weight excluding hydrogens is 336 g/mol. The van der Waals surface area contributed by atoms with Gasteiger partial charge in [-0.05, 0) is 36.0 Å². The number of carbonyl (C=O) groups is 3. The van der Waals surface area contributed by atoms with Crippen molar-refractivity contribution in [1.82, 2.24) is 10.6 Å². The van der Waals surface area contributed by atoms with Gasteiger partial charge < -0.3 is 14.2 Å². The van der Waals surface area contributed by atoms with Crippen molar-refractivity contribution < 1.29 is 28.6 Å². The topological polar surface area (TPSA) is 103 Å². The van der Waals surface area contributed by atoms with Gasteiger partial charge in [0.1, 0.15) is 5.57 Å². The van der Waals surface area contributed by atoms with E-state index in [9.17, 15) is 14.4 Å². The maximum atomic E-state index is 11.9. The van der Waals surface area contributed by atoms with Gasteiger partial charge in [-0.2, -0.15) is 0 Å². The minimum atomic E-state index is -0.620. The monoisotopic (exact) mass is 350 g/mol. The number of esters is 1. The summed E-state index contributed by atoms with van der Waals surface area (Å²) in [6.07, 6.45) is 1.34. The first-order valence-electron chi connectivity index (χ1n) is 6.68. The maximum absolute atomic E-state index is 11.9. The summed E-state index contributed by atoms with van der Waals surface area (Å²) in [5.41, 5.74) is 0.306. The molecule has 126 valence electrons. The van der Waals surface area contributed by atoms with E-state index < -0.39 is 17.8 Å². The number of carbonyl (C=O) groups excluding carboxylic acids is 3. The van der Waals surface area contributed by atoms with Gasteiger partial charge in [0.05, 0.1) is 14.2 Å². The Kier molecular flexibility index (Phi) is 5.14. The van der Waals surface area contributed by atoms with Crippen LogP contribution in [0.2, 0.25) is 0 Å². The number of hydrogen-bond donors (Lipinski definition) is 2. The molecule has 1 saturated heterocycles. The van der Waals surface area contributed by atoms with E-state index in [0.29, 0.717) is 5.56 Å². The zero-order valence-corrected chi connectivity index (χ0v) is 13.9. The van der Waals surface area contributed by atoms with E-state index in [1.165, 1.54) is 39.4 Å². The van der Waals surface area contributed by atoms with Crippen LogP contribution in [0.3, 0.4) is 0 Å². The number of nitrogens with one attached hydrogen (secondary N) is 2. The molecule has 2 rings (SSSR count). The van der Waals surface area contributed by atoms with Gasteiger partial charge in [-0.3, -0.25) is 25.0 Å². The van der Waals surface area contributed by atoms with Crippen molar-refractivity contribution in [3.05, 3.63) is 23.3 Å². The summed E-state index contributed by atoms with van der Waals surface area (Å²) >= 11 is 4.73. The quantitative estimate of drug-likeness (QED) is 0.269. The van der Waals surface area contributed by atoms with E-state index in [1.807, 2.05) is 0 Å². The van der Waals surface area contributed by atoms with Gasteiger partial charge in [-0.15, -0.1) is 0 Å². The molecule has 0 unspecified atom stereocenters. The predicted octanol–water partition coefficient (Wildman–Crippen LogP) is 0.543. The van der Waals surface area contributed by atoms with Gasteiger partial charge in [0.2, 0.25) is 5.75 Å². The zero-order chi connectivity index (χ0) is 17.9. The molecule has 0 radical (unpaired) electrons. The Balaban J connectivity index is 2.49. The third-order valence-corrected chi connectivity index (χ3v) is 3.19. The molecule has 2 N–H and O–H groups in total. The van der Waals surface area contributed by atoms with Crippen molar-refractivity contribution in [1.29, 1.82) is 0 Å². The molecule has 8 nitrogen and oxygen atoms in total. The largest absolute Gasteiger partial charge is 0.493 e. The highest BCUT2D eigenvalue weighted by molar-refractivity contribution is 7.80. The van der Waals surface area contributed by atoms with Gasteiger partial charge in [-0.1, -0.05) is 0 Å². The third-order valence-electron chi connectivity index (χ3n) is 2.98. The zero-order valence-electron chi connectivity index (χ0n) is 13.1. The second-order valence-corrected chi connectivity index (χ2v) is 5.05. The van der Waals surface area contributed by atoms with Crippen LogP contribution in [0.4, 0.5) is 0 Å². The molecule has 24 heavy (non-hydrogen) atoms. The van der Waals surface area contributed by atoms with Crippen LogP contribution >= 0.6 is 12.2 Å². The molecule has 1 aromatic carbocycles. The lowest BCUT2D eigenvalue weighted by atomic mass is 10.1. The van der Waals surface area contributed by atoms with Gasteiger partial charge >= 0.3 is 5.97 Å². The van der Waals surface area contributed by atoms with E-state index in [-0.39, 0.29) is 27.9 Å². The van der Waals surface area contributed by atoms with Gasteiger partial charge in [0.25, 0.3) is 11.8 Å². The maximum Gasteiger partial charge on any atom is 0.308 e. The van der Waals surface area contributed by atoms with Crippen LogP contribution in [0.1, 0.15) is 12.5 Å². The molecule has 0 aromatic heterocycles. The van der Waals surface area contributed by atoms with Crippen LogP contribution < -0.4 is 24.8 Å². The highest BCUT2D eigenvalue weighted by atomic mass is 32.1. The molecule has 0 saturated carbocycles. The highest BCUT2D eigenvalue weighted by Gasteiger charge is 2.26. The van der Waals surface area contributed by atoms with Crippen molar-refractivity contribution >= 4 is 41.2 Å². The first-order chi connectivity index (χ1) is 11.3. The summed E-state index contributed by atoms with van der Waals surface area (Å²) < 4.78 is 15.4. The summed E-state index contributed by atoms with van der Waals surface area (Å²) in [5, 5.41) is 4.62. The summed E-state index contributed by atoms with van der Waals surface area (Å²) in [7, 11) is 2.77. The van der Waals surface area contributed by atoms with Crippen LogP contribution in [0.15, 0.2) is 17.7 Å². The lowest BCUT2D eigenvalue weighted by molar-refractivity contribution is -0.132. The summed E-state index contributed by atoms with van der Waals surface area (Å²) in [6.45, 7) is 1.24. The van der Waals surface area contributed by atoms with Crippen molar-refractivity contribution in [3.63, 3.8) is 0 Å². The Hall–Kier alpha value is -2.94. The van der Waals surface area contributed by atoms with E-state index >= 15 is 0 Å². The molecule has 0 atom stereocenters. The van der Waals surface area contributed by atoms with Crippen LogP contribution in [-0.2, 0) is 14.4 Å². The molecule has 1 aromatic rings. The summed E-state index contributed by atoms with van der Waals surface area (Å²) in [4.78, 5) is 35.0. The highest BCUT2D eigenvalue weighted by Crippen LogP contribution is 2.39. The Morgan fingerprint density at radius 3 is 2.00 bits per heavy atom. The van der Waals surface area contributed by atoms with Crippen LogP contribution in [-0.4, -0.2) is 37.1 Å². The third kappa shape index (κ3) is 3.69. The fourth-order valence-corrected chi connectivity index (χ4v) is 2.19. The van der Waals surface area contributed by atoms with Crippen molar-refractivity contribution in [2.24, 2.45) is 0 Å². The minimum Gasteiger partial charge on any atom is -0.493 e. The molecule has 1 aliphatic heterocycles. The molecule has 1 aliphatic rings.